The SMILES string of the molecule is CCC(C)c1ccccc1NC(=O)c1cccnc1Br. The molecule has 1 unspecified atom stereocenters. The summed E-state index contributed by atoms with van der Waals surface area (Å²) in [6.45, 7) is 4.30. The van der Waals surface area contributed by atoms with Crippen LogP contribution < -0.4 is 5.32 Å². The van der Waals surface area contributed by atoms with Gasteiger partial charge in [0.15, 0.2) is 0 Å². The predicted octanol–water partition coefficient (Wildman–Crippen LogP) is 4.61. The predicted molar refractivity (Wildman–Crippen MR) is 85.0 cm³/mol. The molecule has 20 heavy (non-hydrogen) atoms. The minimum absolute atomic E-state index is 0.152. The highest BCUT2D eigenvalue weighted by Gasteiger charge is 2.14. The normalized spacial score (nSPS) is 11.9. The van der Waals surface area contributed by atoms with Gasteiger partial charge in [0.25, 0.3) is 5.91 Å². The highest BCUT2D eigenvalue weighted by Crippen LogP contribution is 2.27. The Hall–Kier alpha value is -1.68. The molecule has 0 aliphatic heterocycles. The Labute approximate surface area is 127 Å². The van der Waals surface area contributed by atoms with Crippen LogP contribution in [0.2, 0.25) is 0 Å². The fraction of sp³-hybridized carbons (Fsp3) is 0.250. The van der Waals surface area contributed by atoms with Crippen LogP contribution in [0, 0.1) is 0 Å². The summed E-state index contributed by atoms with van der Waals surface area (Å²) in [5, 5.41) is 2.97. The number of benzene rings is 1. The zero-order chi connectivity index (χ0) is 14.5. The number of hydrogen-bond acceptors (Lipinski definition) is 2. The first-order valence-electron chi connectivity index (χ1n) is 6.64. The van der Waals surface area contributed by atoms with E-state index in [4.69, 9.17) is 0 Å². The van der Waals surface area contributed by atoms with E-state index in [2.05, 4.69) is 46.1 Å². The van der Waals surface area contributed by atoms with Crippen molar-refractivity contribution in [2.24, 2.45) is 0 Å². The quantitative estimate of drug-likeness (QED) is 0.830. The molecule has 0 aliphatic rings. The maximum absolute atomic E-state index is 12.3. The molecule has 3 nitrogen and oxygen atoms in total. The number of carbonyl (C=O) groups excluding carboxylic acids is 1. The van der Waals surface area contributed by atoms with Gasteiger partial charge in [-0.25, -0.2) is 4.98 Å². The van der Waals surface area contributed by atoms with Gasteiger partial charge in [0.05, 0.1) is 5.56 Å². The van der Waals surface area contributed by atoms with Crippen LogP contribution in [0.1, 0.15) is 42.1 Å². The van der Waals surface area contributed by atoms with Gasteiger partial charge in [0, 0.05) is 11.9 Å². The first-order valence-corrected chi connectivity index (χ1v) is 7.43. The van der Waals surface area contributed by atoms with Crippen molar-refractivity contribution in [3.05, 3.63) is 58.3 Å². The van der Waals surface area contributed by atoms with Crippen LogP contribution >= 0.6 is 15.9 Å². The third-order valence-electron chi connectivity index (χ3n) is 3.36. The third-order valence-corrected chi connectivity index (χ3v) is 3.99. The van der Waals surface area contributed by atoms with Gasteiger partial charge < -0.3 is 5.32 Å². The van der Waals surface area contributed by atoms with Crippen molar-refractivity contribution in [1.82, 2.24) is 4.98 Å². The number of carbonyl (C=O) groups is 1. The number of anilines is 1. The summed E-state index contributed by atoms with van der Waals surface area (Å²) in [6.07, 6.45) is 2.68. The molecule has 1 amide bonds. The fourth-order valence-electron chi connectivity index (χ4n) is 2.01. The largest absolute Gasteiger partial charge is 0.322 e. The number of hydrogen-bond donors (Lipinski definition) is 1. The molecule has 0 radical (unpaired) electrons. The number of nitrogens with one attached hydrogen (secondary N) is 1. The van der Waals surface area contributed by atoms with E-state index in [0.29, 0.717) is 16.1 Å². The van der Waals surface area contributed by atoms with Gasteiger partial charge in [0.1, 0.15) is 4.60 Å². The lowest BCUT2D eigenvalue weighted by Crippen LogP contribution is -2.14. The average Bonchev–Trinajstić information content (AvgIpc) is 2.47. The lowest BCUT2D eigenvalue weighted by atomic mass is 9.97. The second-order valence-electron chi connectivity index (χ2n) is 4.69. The number of aromatic nitrogens is 1. The van der Waals surface area contributed by atoms with E-state index in [1.807, 2.05) is 18.2 Å². The van der Waals surface area contributed by atoms with Crippen LogP contribution in [0.3, 0.4) is 0 Å². The van der Waals surface area contributed by atoms with E-state index in [9.17, 15) is 4.79 Å². The molecule has 1 aromatic carbocycles. The third kappa shape index (κ3) is 3.25. The van der Waals surface area contributed by atoms with Gasteiger partial charge in [-0.2, -0.15) is 0 Å². The van der Waals surface area contributed by atoms with E-state index < -0.39 is 0 Å². The molecule has 0 spiro atoms. The first kappa shape index (κ1) is 14.7. The first-order chi connectivity index (χ1) is 9.63. The van der Waals surface area contributed by atoms with E-state index in [1.165, 1.54) is 0 Å². The molecule has 0 saturated heterocycles. The maximum Gasteiger partial charge on any atom is 0.258 e. The van der Waals surface area contributed by atoms with Crippen LogP contribution in [0.5, 0.6) is 0 Å². The molecular formula is C16H17BrN2O. The standard InChI is InChI=1S/C16H17BrN2O/c1-3-11(2)12-7-4-5-9-14(12)19-16(20)13-8-6-10-18-15(13)17/h4-11H,3H2,1-2H3,(H,19,20). The minimum Gasteiger partial charge on any atom is -0.322 e. The summed E-state index contributed by atoms with van der Waals surface area (Å²) in [4.78, 5) is 16.4. The van der Waals surface area contributed by atoms with Gasteiger partial charge in [-0.3, -0.25) is 4.79 Å². The van der Waals surface area contributed by atoms with Crippen molar-refractivity contribution >= 4 is 27.5 Å². The monoisotopic (exact) mass is 332 g/mol. The summed E-state index contributed by atoms with van der Waals surface area (Å²) >= 11 is 3.30. The second-order valence-corrected chi connectivity index (χ2v) is 5.44. The summed E-state index contributed by atoms with van der Waals surface area (Å²) in [5.74, 6) is 0.254. The van der Waals surface area contributed by atoms with Gasteiger partial charge >= 0.3 is 0 Å². The number of halogens is 1. The van der Waals surface area contributed by atoms with Gasteiger partial charge in [-0.15, -0.1) is 0 Å². The second kappa shape index (κ2) is 6.66. The van der Waals surface area contributed by atoms with Crippen LogP contribution in [0.15, 0.2) is 47.2 Å². The summed E-state index contributed by atoms with van der Waals surface area (Å²) in [6, 6.07) is 11.4. The summed E-state index contributed by atoms with van der Waals surface area (Å²) < 4.78 is 0.554. The molecule has 0 fully saturated rings. The summed E-state index contributed by atoms with van der Waals surface area (Å²) in [7, 11) is 0. The zero-order valence-corrected chi connectivity index (χ0v) is 13.1. The number of para-hydroxylation sites is 1. The molecule has 4 heteroatoms. The molecule has 1 atom stereocenters. The van der Waals surface area contributed by atoms with Crippen LogP contribution in [0.4, 0.5) is 5.69 Å². The van der Waals surface area contributed by atoms with E-state index in [-0.39, 0.29) is 5.91 Å². The van der Waals surface area contributed by atoms with Crippen LogP contribution in [0.25, 0.3) is 0 Å². The van der Waals surface area contributed by atoms with E-state index >= 15 is 0 Å². The highest BCUT2D eigenvalue weighted by molar-refractivity contribution is 9.10. The number of rotatable bonds is 4. The molecule has 1 heterocycles. The Bertz CT molecular complexity index is 613. The Morgan fingerprint density at radius 1 is 1.30 bits per heavy atom. The summed E-state index contributed by atoms with van der Waals surface area (Å²) in [5.41, 5.74) is 2.55. The number of pyridine rings is 1. The number of nitrogens with zero attached hydrogens (tertiary/aromatic N) is 1. The van der Waals surface area contributed by atoms with Crippen molar-refractivity contribution in [1.29, 1.82) is 0 Å². The average molecular weight is 333 g/mol. The lowest BCUT2D eigenvalue weighted by molar-refractivity contribution is 0.102. The Kier molecular flexibility index (Phi) is 4.90. The Morgan fingerprint density at radius 2 is 2.05 bits per heavy atom. The van der Waals surface area contributed by atoms with Crippen molar-refractivity contribution in [2.45, 2.75) is 26.2 Å². The smallest absolute Gasteiger partial charge is 0.258 e. The van der Waals surface area contributed by atoms with Crippen LogP contribution in [-0.2, 0) is 0 Å². The van der Waals surface area contributed by atoms with Gasteiger partial charge in [0.2, 0.25) is 0 Å². The lowest BCUT2D eigenvalue weighted by Gasteiger charge is -2.15. The fourth-order valence-corrected chi connectivity index (χ4v) is 2.44. The molecular weight excluding hydrogens is 316 g/mol. The maximum atomic E-state index is 12.3. The number of amides is 1. The van der Waals surface area contributed by atoms with Gasteiger partial charge in [-0.05, 0) is 52.0 Å². The van der Waals surface area contributed by atoms with Crippen molar-refractivity contribution < 1.29 is 4.79 Å². The molecule has 2 aromatic rings. The van der Waals surface area contributed by atoms with Crippen LogP contribution in [-0.4, -0.2) is 10.9 Å². The minimum atomic E-state index is -0.152. The Balaban J connectivity index is 2.27. The molecule has 0 saturated carbocycles. The molecule has 2 rings (SSSR count). The van der Waals surface area contributed by atoms with Crippen molar-refractivity contribution in [3.8, 4) is 0 Å². The van der Waals surface area contributed by atoms with Gasteiger partial charge in [-0.1, -0.05) is 32.0 Å². The van der Waals surface area contributed by atoms with Crippen molar-refractivity contribution in [3.63, 3.8) is 0 Å². The Morgan fingerprint density at radius 3 is 2.75 bits per heavy atom. The highest BCUT2D eigenvalue weighted by atomic mass is 79.9. The topological polar surface area (TPSA) is 42.0 Å². The van der Waals surface area contributed by atoms with E-state index in [0.717, 1.165) is 17.7 Å². The molecule has 1 aromatic heterocycles. The molecule has 1 N–H and O–H groups in total. The zero-order valence-electron chi connectivity index (χ0n) is 11.6. The van der Waals surface area contributed by atoms with Crippen molar-refractivity contribution in [2.75, 3.05) is 5.32 Å². The van der Waals surface area contributed by atoms with E-state index in [1.54, 1.807) is 18.3 Å². The molecule has 0 bridgehead atoms. The molecule has 0 aliphatic carbocycles. The molecule has 104 valence electrons.